The number of nitrogens with one attached hydrogen (secondary N) is 1. The second-order valence-corrected chi connectivity index (χ2v) is 7.28. The minimum absolute atomic E-state index is 0.0443. The fourth-order valence-electron chi connectivity index (χ4n) is 2.75. The SMILES string of the molecule is Cc1ncc(OC[C@@]2(C)C[C@H]2C(=O)Nc2cc(C)c(Cl)cn2)c(C)n1. The van der Waals surface area contributed by atoms with Gasteiger partial charge >= 0.3 is 0 Å². The van der Waals surface area contributed by atoms with E-state index >= 15 is 0 Å². The van der Waals surface area contributed by atoms with Gasteiger partial charge < -0.3 is 10.1 Å². The molecule has 2 atom stereocenters. The Hall–Kier alpha value is -2.21. The standard InChI is InChI=1S/C18H21ClN4O2/c1-10-5-16(21-7-14(10)19)23-17(24)13-6-18(13,4)9-25-15-8-20-12(3)22-11(15)2/h5,7-8,13H,6,9H2,1-4H3,(H,21,23,24)/t13-,18+/m0/s1. The molecule has 0 saturated heterocycles. The van der Waals surface area contributed by atoms with E-state index in [9.17, 15) is 4.79 Å². The lowest BCUT2D eigenvalue weighted by molar-refractivity contribution is -0.118. The molecule has 2 aromatic rings. The molecule has 3 rings (SSSR count). The van der Waals surface area contributed by atoms with Crippen LogP contribution in [0.4, 0.5) is 5.82 Å². The lowest BCUT2D eigenvalue weighted by Gasteiger charge is -2.14. The lowest BCUT2D eigenvalue weighted by Crippen LogP contribution is -2.22. The van der Waals surface area contributed by atoms with Crippen molar-refractivity contribution in [2.24, 2.45) is 11.3 Å². The molecule has 0 radical (unpaired) electrons. The Kier molecular flexibility index (Phi) is 4.64. The van der Waals surface area contributed by atoms with Gasteiger partial charge in [-0.3, -0.25) is 4.79 Å². The van der Waals surface area contributed by atoms with E-state index in [0.717, 1.165) is 17.7 Å². The Bertz CT molecular complexity index is 827. The number of nitrogens with zero attached hydrogens (tertiary/aromatic N) is 3. The molecule has 1 aliphatic carbocycles. The van der Waals surface area contributed by atoms with Crippen LogP contribution in [0.1, 0.15) is 30.4 Å². The van der Waals surface area contributed by atoms with E-state index in [1.54, 1.807) is 18.5 Å². The van der Waals surface area contributed by atoms with Gasteiger partial charge in [0, 0.05) is 17.5 Å². The minimum Gasteiger partial charge on any atom is -0.489 e. The second kappa shape index (κ2) is 6.59. The molecule has 25 heavy (non-hydrogen) atoms. The highest BCUT2D eigenvalue weighted by Crippen LogP contribution is 2.52. The molecule has 1 N–H and O–H groups in total. The number of aromatic nitrogens is 3. The van der Waals surface area contributed by atoms with Gasteiger partial charge in [0.05, 0.1) is 23.5 Å². The first-order valence-corrected chi connectivity index (χ1v) is 8.52. The Morgan fingerprint density at radius 2 is 2.12 bits per heavy atom. The average Bonchev–Trinajstić information content (AvgIpc) is 3.22. The van der Waals surface area contributed by atoms with Crippen LogP contribution < -0.4 is 10.1 Å². The molecule has 7 heteroatoms. The van der Waals surface area contributed by atoms with E-state index in [2.05, 4.69) is 20.3 Å². The monoisotopic (exact) mass is 360 g/mol. The van der Waals surface area contributed by atoms with Crippen molar-refractivity contribution in [2.45, 2.75) is 34.1 Å². The number of amides is 1. The van der Waals surface area contributed by atoms with Crippen molar-refractivity contribution >= 4 is 23.3 Å². The van der Waals surface area contributed by atoms with Crippen LogP contribution in [-0.4, -0.2) is 27.5 Å². The van der Waals surface area contributed by atoms with Crippen LogP contribution in [0, 0.1) is 32.1 Å². The second-order valence-electron chi connectivity index (χ2n) is 6.87. The number of anilines is 1. The zero-order valence-corrected chi connectivity index (χ0v) is 15.5. The van der Waals surface area contributed by atoms with E-state index in [-0.39, 0.29) is 17.2 Å². The largest absolute Gasteiger partial charge is 0.489 e. The van der Waals surface area contributed by atoms with Gasteiger partial charge in [-0.25, -0.2) is 15.0 Å². The summed E-state index contributed by atoms with van der Waals surface area (Å²) in [6.07, 6.45) is 4.00. The van der Waals surface area contributed by atoms with E-state index < -0.39 is 0 Å². The van der Waals surface area contributed by atoms with E-state index in [4.69, 9.17) is 16.3 Å². The fraction of sp³-hybridized carbons (Fsp3) is 0.444. The molecule has 2 aromatic heterocycles. The third kappa shape index (κ3) is 3.90. The highest BCUT2D eigenvalue weighted by Gasteiger charge is 2.55. The zero-order valence-electron chi connectivity index (χ0n) is 14.8. The van der Waals surface area contributed by atoms with Gasteiger partial charge in [0.2, 0.25) is 5.91 Å². The molecule has 0 bridgehead atoms. The smallest absolute Gasteiger partial charge is 0.229 e. The van der Waals surface area contributed by atoms with Crippen LogP contribution in [0.15, 0.2) is 18.5 Å². The molecular formula is C18H21ClN4O2. The number of pyridine rings is 1. The zero-order chi connectivity index (χ0) is 18.2. The van der Waals surface area contributed by atoms with Gasteiger partial charge in [-0.15, -0.1) is 0 Å². The molecule has 132 valence electrons. The maximum Gasteiger partial charge on any atom is 0.229 e. The predicted molar refractivity (Wildman–Crippen MR) is 95.8 cm³/mol. The number of ether oxygens (including phenoxy) is 1. The van der Waals surface area contributed by atoms with Crippen molar-refractivity contribution in [1.82, 2.24) is 15.0 Å². The van der Waals surface area contributed by atoms with Crippen molar-refractivity contribution in [1.29, 1.82) is 0 Å². The molecule has 0 unspecified atom stereocenters. The summed E-state index contributed by atoms with van der Waals surface area (Å²) < 4.78 is 5.85. The van der Waals surface area contributed by atoms with Crippen molar-refractivity contribution in [3.63, 3.8) is 0 Å². The third-order valence-electron chi connectivity index (χ3n) is 4.58. The molecule has 1 aliphatic rings. The highest BCUT2D eigenvalue weighted by molar-refractivity contribution is 6.31. The molecule has 0 aliphatic heterocycles. The maximum absolute atomic E-state index is 12.4. The van der Waals surface area contributed by atoms with Crippen LogP contribution in [0.5, 0.6) is 5.75 Å². The number of hydrogen-bond donors (Lipinski definition) is 1. The first-order chi connectivity index (χ1) is 11.8. The van der Waals surface area contributed by atoms with Crippen LogP contribution in [0.2, 0.25) is 5.02 Å². The molecule has 6 nitrogen and oxygen atoms in total. The van der Waals surface area contributed by atoms with Crippen LogP contribution in [0.3, 0.4) is 0 Å². The Balaban J connectivity index is 1.58. The summed E-state index contributed by atoms with van der Waals surface area (Å²) in [6.45, 7) is 8.10. The van der Waals surface area contributed by atoms with Crippen molar-refractivity contribution < 1.29 is 9.53 Å². The number of aryl methyl sites for hydroxylation is 3. The normalized spacial score (nSPS) is 21.7. The van der Waals surface area contributed by atoms with Gasteiger partial charge in [0.25, 0.3) is 0 Å². The molecule has 1 fully saturated rings. The number of halogens is 1. The first-order valence-electron chi connectivity index (χ1n) is 8.14. The molecule has 1 amide bonds. The Morgan fingerprint density at radius 1 is 1.36 bits per heavy atom. The Labute approximate surface area is 152 Å². The number of rotatable bonds is 5. The summed E-state index contributed by atoms with van der Waals surface area (Å²) in [5, 5.41) is 3.44. The van der Waals surface area contributed by atoms with Gasteiger partial charge in [-0.2, -0.15) is 0 Å². The van der Waals surface area contributed by atoms with E-state index in [1.165, 1.54) is 0 Å². The molecule has 2 heterocycles. The van der Waals surface area contributed by atoms with Gasteiger partial charge in [0.1, 0.15) is 11.6 Å². The Morgan fingerprint density at radius 3 is 2.80 bits per heavy atom. The molecule has 0 aromatic carbocycles. The van der Waals surface area contributed by atoms with Crippen molar-refractivity contribution in [3.05, 3.63) is 40.6 Å². The fourth-order valence-corrected chi connectivity index (χ4v) is 2.86. The predicted octanol–water partition coefficient (Wildman–Crippen LogP) is 3.49. The quantitative estimate of drug-likeness (QED) is 0.883. The van der Waals surface area contributed by atoms with Crippen molar-refractivity contribution in [3.8, 4) is 5.75 Å². The highest BCUT2D eigenvalue weighted by atomic mass is 35.5. The van der Waals surface area contributed by atoms with Crippen LogP contribution in [0.25, 0.3) is 0 Å². The number of hydrogen-bond acceptors (Lipinski definition) is 5. The lowest BCUT2D eigenvalue weighted by atomic mass is 10.1. The van der Waals surface area contributed by atoms with Crippen LogP contribution >= 0.6 is 11.6 Å². The number of carbonyl (C=O) groups excluding carboxylic acids is 1. The summed E-state index contributed by atoms with van der Waals surface area (Å²) in [7, 11) is 0. The van der Waals surface area contributed by atoms with E-state index in [0.29, 0.717) is 29.0 Å². The summed E-state index contributed by atoms with van der Waals surface area (Å²) in [4.78, 5) is 25.0. The molecule has 1 saturated carbocycles. The summed E-state index contributed by atoms with van der Waals surface area (Å²) in [6, 6.07) is 1.77. The van der Waals surface area contributed by atoms with E-state index in [1.807, 2.05) is 27.7 Å². The minimum atomic E-state index is -0.192. The summed E-state index contributed by atoms with van der Waals surface area (Å²) >= 11 is 5.96. The maximum atomic E-state index is 12.4. The first kappa shape index (κ1) is 17.6. The van der Waals surface area contributed by atoms with Gasteiger partial charge in [-0.05, 0) is 38.8 Å². The number of carbonyl (C=O) groups is 1. The average molecular weight is 361 g/mol. The van der Waals surface area contributed by atoms with Crippen LogP contribution in [-0.2, 0) is 4.79 Å². The topological polar surface area (TPSA) is 77.0 Å². The third-order valence-corrected chi connectivity index (χ3v) is 4.97. The van der Waals surface area contributed by atoms with Gasteiger partial charge in [-0.1, -0.05) is 18.5 Å². The molecule has 0 spiro atoms. The summed E-state index contributed by atoms with van der Waals surface area (Å²) in [5.41, 5.74) is 1.49. The van der Waals surface area contributed by atoms with Gasteiger partial charge in [0.15, 0.2) is 5.75 Å². The molecular weight excluding hydrogens is 340 g/mol. The summed E-state index contributed by atoms with van der Waals surface area (Å²) in [5.74, 6) is 1.75. The van der Waals surface area contributed by atoms with Crippen molar-refractivity contribution in [2.75, 3.05) is 11.9 Å².